The third-order valence-electron chi connectivity index (χ3n) is 10.5. The molecule has 1 fully saturated rings. The maximum absolute atomic E-state index is 12.3. The van der Waals surface area contributed by atoms with Gasteiger partial charge in [0.05, 0.1) is 23.6 Å². The van der Waals surface area contributed by atoms with E-state index in [9.17, 15) is 20.4 Å². The Hall–Kier alpha value is -4.92. The fraction of sp³-hybridized carbons (Fsp3) is 0.282. The SMILES string of the molecule is CCN(C)c1c2cccc(O)c2c(C2C(O)C(c3c4c(N)cccc4c(N(CC)CC)c4cccc(N)c34)C2O)c2c(O)cccc12. The summed E-state index contributed by atoms with van der Waals surface area (Å²) in [5.74, 6) is -1.53. The van der Waals surface area contributed by atoms with Crippen LogP contribution in [-0.2, 0) is 0 Å². The molecule has 0 aliphatic heterocycles. The fourth-order valence-electron chi connectivity index (χ4n) is 8.22. The normalized spacial score (nSPS) is 19.4. The lowest BCUT2D eigenvalue weighted by Crippen LogP contribution is -2.52. The van der Waals surface area contributed by atoms with Gasteiger partial charge in [0.2, 0.25) is 0 Å². The summed E-state index contributed by atoms with van der Waals surface area (Å²) in [6.07, 6.45) is -2.18. The lowest BCUT2D eigenvalue weighted by atomic mass is 9.60. The number of benzene rings is 6. The highest BCUT2D eigenvalue weighted by molar-refractivity contribution is 6.21. The molecule has 0 bridgehead atoms. The highest BCUT2D eigenvalue weighted by Gasteiger charge is 2.53. The number of aliphatic hydroxyl groups excluding tert-OH is 2. The van der Waals surface area contributed by atoms with E-state index in [0.717, 1.165) is 56.8 Å². The molecule has 8 N–H and O–H groups in total. The Kier molecular flexibility index (Phi) is 7.45. The molecule has 6 aromatic carbocycles. The van der Waals surface area contributed by atoms with E-state index in [1.807, 2.05) is 62.5 Å². The monoisotopic (exact) mass is 630 g/mol. The number of phenols is 2. The largest absolute Gasteiger partial charge is 0.507 e. The number of nitrogen functional groups attached to an aromatic ring is 2. The van der Waals surface area contributed by atoms with E-state index in [4.69, 9.17) is 11.5 Å². The van der Waals surface area contributed by atoms with E-state index >= 15 is 0 Å². The van der Waals surface area contributed by atoms with E-state index in [1.165, 1.54) is 0 Å². The molecule has 47 heavy (non-hydrogen) atoms. The highest BCUT2D eigenvalue weighted by atomic mass is 16.3. The van der Waals surface area contributed by atoms with E-state index in [0.29, 0.717) is 39.8 Å². The quantitative estimate of drug-likeness (QED) is 0.0838. The van der Waals surface area contributed by atoms with Crippen LogP contribution < -0.4 is 21.3 Å². The average molecular weight is 631 g/mol. The predicted octanol–water partition coefficient (Wildman–Crippen LogP) is 6.78. The number of hydrogen-bond donors (Lipinski definition) is 6. The first-order valence-electron chi connectivity index (χ1n) is 16.4. The van der Waals surface area contributed by atoms with E-state index in [1.54, 1.807) is 24.3 Å². The molecule has 0 saturated heterocycles. The van der Waals surface area contributed by atoms with Crippen molar-refractivity contribution in [3.8, 4) is 11.5 Å². The standard InChI is InChI=1S/C39H42N4O4/c1-5-42(4)36-22-14-10-18-26(44)30(22)33(31-23(36)15-11-19-27(31)45)35-38(46)34(39(35)47)32-28-20(12-8-16-24(28)40)37(43(6-2)7-3)21-13-9-17-25(41)29(21)32/h8-19,34-35,38-39,44-47H,5-7,40-41H2,1-4H3. The Morgan fingerprint density at radius 1 is 0.553 bits per heavy atom. The predicted molar refractivity (Wildman–Crippen MR) is 195 cm³/mol. The second kappa shape index (κ2) is 11.4. The van der Waals surface area contributed by atoms with Crippen LogP contribution in [0.3, 0.4) is 0 Å². The van der Waals surface area contributed by atoms with Crippen molar-refractivity contribution in [2.24, 2.45) is 0 Å². The Balaban J connectivity index is 1.53. The molecule has 2 atom stereocenters. The van der Waals surface area contributed by atoms with Gasteiger partial charge in [-0.1, -0.05) is 48.5 Å². The van der Waals surface area contributed by atoms with Crippen molar-refractivity contribution in [1.82, 2.24) is 0 Å². The van der Waals surface area contributed by atoms with Crippen LogP contribution in [0.2, 0.25) is 0 Å². The van der Waals surface area contributed by atoms with Crippen molar-refractivity contribution in [2.45, 2.75) is 44.8 Å². The van der Waals surface area contributed by atoms with Crippen LogP contribution in [0, 0.1) is 0 Å². The molecule has 1 aliphatic rings. The minimum atomic E-state index is -1.09. The number of fused-ring (bicyclic) bond motifs is 4. The van der Waals surface area contributed by atoms with Gasteiger partial charge in [-0.15, -0.1) is 0 Å². The molecule has 0 amide bonds. The van der Waals surface area contributed by atoms with Crippen LogP contribution in [0.25, 0.3) is 43.1 Å². The molecule has 0 spiro atoms. The first-order valence-corrected chi connectivity index (χ1v) is 16.4. The summed E-state index contributed by atoms with van der Waals surface area (Å²) in [5, 5.41) is 53.4. The van der Waals surface area contributed by atoms with Crippen molar-refractivity contribution in [3.05, 3.63) is 83.9 Å². The second-order valence-electron chi connectivity index (χ2n) is 12.7. The van der Waals surface area contributed by atoms with Crippen molar-refractivity contribution in [1.29, 1.82) is 0 Å². The summed E-state index contributed by atoms with van der Waals surface area (Å²) in [6.45, 7) is 8.51. The molecule has 8 nitrogen and oxygen atoms in total. The van der Waals surface area contributed by atoms with Gasteiger partial charge in [0.1, 0.15) is 11.5 Å². The number of rotatable bonds is 7. The maximum atomic E-state index is 12.3. The Morgan fingerprint density at radius 3 is 1.34 bits per heavy atom. The lowest BCUT2D eigenvalue weighted by molar-refractivity contribution is -0.0765. The van der Waals surface area contributed by atoms with Crippen molar-refractivity contribution >= 4 is 65.8 Å². The molecule has 242 valence electrons. The number of hydrogen-bond acceptors (Lipinski definition) is 8. The first kappa shape index (κ1) is 30.7. The van der Waals surface area contributed by atoms with Crippen LogP contribution >= 0.6 is 0 Å². The zero-order chi connectivity index (χ0) is 33.3. The molecule has 1 saturated carbocycles. The number of aliphatic hydroxyl groups is 2. The van der Waals surface area contributed by atoms with E-state index in [-0.39, 0.29) is 11.5 Å². The topological polar surface area (TPSA) is 139 Å². The summed E-state index contributed by atoms with van der Waals surface area (Å²) in [7, 11) is 1.97. The van der Waals surface area contributed by atoms with Gasteiger partial charge in [-0.2, -0.15) is 0 Å². The fourth-order valence-corrected chi connectivity index (χ4v) is 8.22. The summed E-state index contributed by atoms with van der Waals surface area (Å²) in [6, 6.07) is 22.3. The third kappa shape index (κ3) is 4.28. The van der Waals surface area contributed by atoms with Crippen LogP contribution in [0.15, 0.2) is 72.8 Å². The average Bonchev–Trinajstić information content (AvgIpc) is 3.06. The Morgan fingerprint density at radius 2 is 0.936 bits per heavy atom. The van der Waals surface area contributed by atoms with Gasteiger partial charge in [0, 0.05) is 93.0 Å². The lowest BCUT2D eigenvalue weighted by Gasteiger charge is -2.49. The summed E-state index contributed by atoms with van der Waals surface area (Å²) >= 11 is 0. The Labute approximate surface area is 274 Å². The maximum Gasteiger partial charge on any atom is 0.123 e. The smallest absolute Gasteiger partial charge is 0.123 e. The summed E-state index contributed by atoms with van der Waals surface area (Å²) in [5.41, 5.74) is 17.7. The number of nitrogens with two attached hydrogens (primary N) is 2. The molecule has 0 aromatic heterocycles. The van der Waals surface area contributed by atoms with Gasteiger partial charge in [0.15, 0.2) is 0 Å². The molecule has 2 unspecified atom stereocenters. The van der Waals surface area contributed by atoms with E-state index < -0.39 is 24.0 Å². The van der Waals surface area contributed by atoms with Gasteiger partial charge in [0.25, 0.3) is 0 Å². The Bertz CT molecular complexity index is 2060. The molecule has 0 radical (unpaired) electrons. The van der Waals surface area contributed by atoms with E-state index in [2.05, 4.69) is 23.6 Å². The number of anilines is 4. The number of nitrogens with zero attached hydrogens (tertiary/aromatic N) is 2. The van der Waals surface area contributed by atoms with Crippen LogP contribution in [0.5, 0.6) is 11.5 Å². The minimum Gasteiger partial charge on any atom is -0.507 e. The van der Waals surface area contributed by atoms with Gasteiger partial charge < -0.3 is 41.7 Å². The first-order chi connectivity index (χ1) is 22.7. The van der Waals surface area contributed by atoms with Gasteiger partial charge >= 0.3 is 0 Å². The molecular weight excluding hydrogens is 588 g/mol. The van der Waals surface area contributed by atoms with Crippen LogP contribution in [0.1, 0.15) is 43.7 Å². The molecule has 1 aliphatic carbocycles. The van der Waals surface area contributed by atoms with Crippen molar-refractivity contribution in [3.63, 3.8) is 0 Å². The summed E-state index contributed by atoms with van der Waals surface area (Å²) in [4.78, 5) is 4.35. The molecular formula is C39H42N4O4. The third-order valence-corrected chi connectivity index (χ3v) is 10.5. The molecule has 6 aromatic rings. The minimum absolute atomic E-state index is 0.0178. The van der Waals surface area contributed by atoms with Gasteiger partial charge in [-0.25, -0.2) is 0 Å². The van der Waals surface area contributed by atoms with Crippen LogP contribution in [-0.4, -0.2) is 59.3 Å². The van der Waals surface area contributed by atoms with Gasteiger partial charge in [-0.05, 0) is 56.2 Å². The highest BCUT2D eigenvalue weighted by Crippen LogP contribution is 2.58. The molecule has 0 heterocycles. The van der Waals surface area contributed by atoms with Crippen LogP contribution in [0.4, 0.5) is 22.7 Å². The molecule has 7 rings (SSSR count). The summed E-state index contributed by atoms with van der Waals surface area (Å²) < 4.78 is 0. The number of aromatic hydroxyl groups is 2. The van der Waals surface area contributed by atoms with Gasteiger partial charge in [-0.3, -0.25) is 0 Å². The van der Waals surface area contributed by atoms with Crippen molar-refractivity contribution < 1.29 is 20.4 Å². The molecule has 8 heteroatoms. The second-order valence-corrected chi connectivity index (χ2v) is 12.7. The van der Waals surface area contributed by atoms with Crippen molar-refractivity contribution in [2.75, 3.05) is 47.9 Å². The zero-order valence-electron chi connectivity index (χ0n) is 27.2. The number of phenolic OH excluding ortho intramolecular Hbond substituents is 2. The zero-order valence-corrected chi connectivity index (χ0v) is 27.2.